The van der Waals surface area contributed by atoms with Crippen molar-refractivity contribution in [3.63, 3.8) is 0 Å². The number of benzene rings is 1. The molecule has 0 bridgehead atoms. The summed E-state index contributed by atoms with van der Waals surface area (Å²) in [6.07, 6.45) is 2.04. The predicted octanol–water partition coefficient (Wildman–Crippen LogP) is 2.96. The monoisotopic (exact) mass is 207 g/mol. The van der Waals surface area contributed by atoms with Gasteiger partial charge in [0.1, 0.15) is 0 Å². The van der Waals surface area contributed by atoms with Gasteiger partial charge in [0.25, 0.3) is 0 Å². The lowest BCUT2D eigenvalue weighted by Gasteiger charge is -2.29. The molecular formula is C13H21NO. The van der Waals surface area contributed by atoms with Gasteiger partial charge in [-0.05, 0) is 32.4 Å². The maximum absolute atomic E-state index is 9.37. The van der Waals surface area contributed by atoms with Crippen LogP contribution in [0.2, 0.25) is 0 Å². The van der Waals surface area contributed by atoms with Crippen LogP contribution in [0.25, 0.3) is 0 Å². The molecule has 2 heteroatoms. The van der Waals surface area contributed by atoms with E-state index < -0.39 is 0 Å². The van der Waals surface area contributed by atoms with Gasteiger partial charge in [-0.1, -0.05) is 31.0 Å². The number of anilines is 1. The molecule has 0 amide bonds. The van der Waals surface area contributed by atoms with Crippen LogP contribution in [0.1, 0.15) is 32.3 Å². The van der Waals surface area contributed by atoms with Gasteiger partial charge < -0.3 is 10.4 Å². The van der Waals surface area contributed by atoms with Gasteiger partial charge in [-0.2, -0.15) is 0 Å². The third kappa shape index (κ3) is 3.56. The van der Waals surface area contributed by atoms with E-state index in [2.05, 4.69) is 50.4 Å². The Balaban J connectivity index is 2.70. The molecule has 84 valence electrons. The van der Waals surface area contributed by atoms with Crippen molar-refractivity contribution in [2.45, 2.75) is 39.2 Å². The molecule has 0 aromatic heterocycles. The summed E-state index contributed by atoms with van der Waals surface area (Å²) in [5.41, 5.74) is 2.12. The number of aliphatic hydroxyl groups excluding tert-OH is 1. The van der Waals surface area contributed by atoms with Crippen molar-refractivity contribution >= 4 is 5.69 Å². The summed E-state index contributed by atoms with van der Waals surface area (Å²) in [4.78, 5) is 0. The van der Waals surface area contributed by atoms with Crippen molar-refractivity contribution in [1.82, 2.24) is 0 Å². The minimum absolute atomic E-state index is 0.161. The molecule has 15 heavy (non-hydrogen) atoms. The first kappa shape index (κ1) is 12.1. The number of hydrogen-bond acceptors (Lipinski definition) is 2. The number of aryl methyl sites for hydroxylation is 1. The van der Waals surface area contributed by atoms with Gasteiger partial charge in [0.2, 0.25) is 0 Å². The zero-order valence-corrected chi connectivity index (χ0v) is 9.88. The molecule has 1 aromatic rings. The SMILES string of the molecule is CCCC(C)(CO)Nc1ccc(C)cc1. The Labute approximate surface area is 92.3 Å². The lowest BCUT2D eigenvalue weighted by atomic mass is 9.97. The molecule has 1 unspecified atom stereocenters. The highest BCUT2D eigenvalue weighted by Gasteiger charge is 2.21. The summed E-state index contributed by atoms with van der Waals surface area (Å²) in [6.45, 7) is 6.41. The second kappa shape index (κ2) is 5.17. The molecule has 2 nitrogen and oxygen atoms in total. The van der Waals surface area contributed by atoms with E-state index in [1.165, 1.54) is 5.56 Å². The molecule has 0 fully saturated rings. The molecule has 0 spiro atoms. The number of nitrogens with one attached hydrogen (secondary N) is 1. The maximum atomic E-state index is 9.37. The smallest absolute Gasteiger partial charge is 0.0658 e. The quantitative estimate of drug-likeness (QED) is 0.778. The molecule has 0 aliphatic heterocycles. The fourth-order valence-electron chi connectivity index (χ4n) is 1.72. The zero-order chi connectivity index (χ0) is 11.3. The Morgan fingerprint density at radius 3 is 2.33 bits per heavy atom. The molecule has 1 aromatic carbocycles. The van der Waals surface area contributed by atoms with Crippen molar-refractivity contribution in [1.29, 1.82) is 0 Å². The summed E-state index contributed by atoms with van der Waals surface area (Å²) in [7, 11) is 0. The Morgan fingerprint density at radius 1 is 1.27 bits per heavy atom. The number of hydrogen-bond donors (Lipinski definition) is 2. The van der Waals surface area contributed by atoms with Gasteiger partial charge in [-0.3, -0.25) is 0 Å². The second-order valence-electron chi connectivity index (χ2n) is 4.46. The van der Waals surface area contributed by atoms with Crippen molar-refractivity contribution in [2.24, 2.45) is 0 Å². The van der Waals surface area contributed by atoms with E-state index in [-0.39, 0.29) is 12.1 Å². The van der Waals surface area contributed by atoms with Crippen LogP contribution in [0.5, 0.6) is 0 Å². The van der Waals surface area contributed by atoms with Crippen LogP contribution in [0.15, 0.2) is 24.3 Å². The molecule has 0 saturated carbocycles. The molecule has 0 saturated heterocycles. The lowest BCUT2D eigenvalue weighted by Crippen LogP contribution is -2.38. The lowest BCUT2D eigenvalue weighted by molar-refractivity contribution is 0.214. The summed E-state index contributed by atoms with van der Waals surface area (Å²) in [6, 6.07) is 8.26. The van der Waals surface area contributed by atoms with Gasteiger partial charge in [-0.25, -0.2) is 0 Å². The van der Waals surface area contributed by atoms with Crippen molar-refractivity contribution < 1.29 is 5.11 Å². The molecule has 0 aliphatic carbocycles. The van der Waals surface area contributed by atoms with E-state index in [1.807, 2.05) is 0 Å². The van der Waals surface area contributed by atoms with Crippen molar-refractivity contribution in [3.8, 4) is 0 Å². The van der Waals surface area contributed by atoms with Gasteiger partial charge in [0.05, 0.1) is 12.1 Å². The normalized spacial score (nSPS) is 14.7. The van der Waals surface area contributed by atoms with E-state index in [4.69, 9.17) is 0 Å². The van der Waals surface area contributed by atoms with Crippen molar-refractivity contribution in [3.05, 3.63) is 29.8 Å². The second-order valence-corrected chi connectivity index (χ2v) is 4.46. The Kier molecular flexibility index (Phi) is 4.15. The highest BCUT2D eigenvalue weighted by Crippen LogP contribution is 2.19. The van der Waals surface area contributed by atoms with Gasteiger partial charge in [-0.15, -0.1) is 0 Å². The third-order valence-electron chi connectivity index (χ3n) is 2.65. The van der Waals surface area contributed by atoms with Crippen LogP contribution in [0.4, 0.5) is 5.69 Å². The average molecular weight is 207 g/mol. The predicted molar refractivity (Wildman–Crippen MR) is 65.2 cm³/mol. The van der Waals surface area contributed by atoms with Crippen LogP contribution in [-0.4, -0.2) is 17.3 Å². The van der Waals surface area contributed by atoms with Crippen LogP contribution in [0, 0.1) is 6.92 Å². The minimum Gasteiger partial charge on any atom is -0.394 e. The Morgan fingerprint density at radius 2 is 1.87 bits per heavy atom. The highest BCUT2D eigenvalue weighted by atomic mass is 16.3. The van der Waals surface area contributed by atoms with E-state index in [0.717, 1.165) is 18.5 Å². The molecular weight excluding hydrogens is 186 g/mol. The Bertz CT molecular complexity index is 294. The number of rotatable bonds is 5. The summed E-state index contributed by atoms with van der Waals surface area (Å²) in [5.74, 6) is 0. The van der Waals surface area contributed by atoms with Gasteiger partial charge in [0, 0.05) is 5.69 Å². The largest absolute Gasteiger partial charge is 0.394 e. The molecule has 0 aliphatic rings. The first-order valence-electron chi connectivity index (χ1n) is 5.55. The summed E-state index contributed by atoms with van der Waals surface area (Å²) < 4.78 is 0. The number of aliphatic hydroxyl groups is 1. The van der Waals surface area contributed by atoms with Crippen LogP contribution >= 0.6 is 0 Å². The Hall–Kier alpha value is -1.02. The molecule has 0 heterocycles. The van der Waals surface area contributed by atoms with Gasteiger partial charge in [0.15, 0.2) is 0 Å². The molecule has 2 N–H and O–H groups in total. The van der Waals surface area contributed by atoms with Crippen LogP contribution in [-0.2, 0) is 0 Å². The maximum Gasteiger partial charge on any atom is 0.0658 e. The van der Waals surface area contributed by atoms with Crippen LogP contribution < -0.4 is 5.32 Å². The minimum atomic E-state index is -0.204. The highest BCUT2D eigenvalue weighted by molar-refractivity contribution is 5.46. The van der Waals surface area contributed by atoms with E-state index >= 15 is 0 Å². The van der Waals surface area contributed by atoms with E-state index in [9.17, 15) is 5.11 Å². The van der Waals surface area contributed by atoms with Crippen molar-refractivity contribution in [2.75, 3.05) is 11.9 Å². The standard InChI is InChI=1S/C13H21NO/c1-4-9-13(3,10-15)14-12-7-5-11(2)6-8-12/h5-8,14-15H,4,9-10H2,1-3H3. The zero-order valence-electron chi connectivity index (χ0n) is 9.88. The fraction of sp³-hybridized carbons (Fsp3) is 0.538. The molecule has 1 rings (SSSR count). The average Bonchev–Trinajstić information content (AvgIpc) is 2.22. The van der Waals surface area contributed by atoms with Crippen LogP contribution in [0.3, 0.4) is 0 Å². The first-order valence-corrected chi connectivity index (χ1v) is 5.55. The van der Waals surface area contributed by atoms with E-state index in [1.54, 1.807) is 0 Å². The van der Waals surface area contributed by atoms with Gasteiger partial charge >= 0.3 is 0 Å². The third-order valence-corrected chi connectivity index (χ3v) is 2.65. The summed E-state index contributed by atoms with van der Waals surface area (Å²) in [5, 5.41) is 12.8. The van der Waals surface area contributed by atoms with E-state index in [0.29, 0.717) is 0 Å². The summed E-state index contributed by atoms with van der Waals surface area (Å²) >= 11 is 0. The molecule has 1 atom stereocenters. The topological polar surface area (TPSA) is 32.3 Å². The fourth-order valence-corrected chi connectivity index (χ4v) is 1.72. The first-order chi connectivity index (χ1) is 7.09. The molecule has 0 radical (unpaired) electrons.